The Kier molecular flexibility index (Phi) is 12.3. The van der Waals surface area contributed by atoms with Crippen LogP contribution in [0.25, 0.3) is 0 Å². The van der Waals surface area contributed by atoms with Crippen LogP contribution in [0, 0.1) is 11.8 Å². The molecule has 1 aromatic heterocycles. The molecule has 0 radical (unpaired) electrons. The van der Waals surface area contributed by atoms with Crippen molar-refractivity contribution < 1.29 is 19.1 Å². The minimum Gasteiger partial charge on any atom is -0.444 e. The van der Waals surface area contributed by atoms with Gasteiger partial charge in [-0.05, 0) is 110 Å². The smallest absolute Gasteiger partial charge is 0.410 e. The van der Waals surface area contributed by atoms with Gasteiger partial charge in [0.05, 0.1) is 0 Å². The number of ether oxygens (including phenoxy) is 2. The van der Waals surface area contributed by atoms with E-state index in [0.717, 1.165) is 57.9 Å². The normalized spacial score (nSPS) is 20.1. The summed E-state index contributed by atoms with van der Waals surface area (Å²) in [5.74, 6) is 1.33. The molecular formula is C30H52ClN7O4. The Balaban J connectivity index is 1.56. The van der Waals surface area contributed by atoms with Crippen LogP contribution in [-0.2, 0) is 9.47 Å². The fourth-order valence-corrected chi connectivity index (χ4v) is 5.93. The fourth-order valence-electron chi connectivity index (χ4n) is 5.76. The summed E-state index contributed by atoms with van der Waals surface area (Å²) >= 11 is 5.89. The molecule has 0 unspecified atom stereocenters. The molecule has 1 heterocycles. The van der Waals surface area contributed by atoms with Crippen molar-refractivity contribution in [2.45, 2.75) is 123 Å². The summed E-state index contributed by atoms with van der Waals surface area (Å²) in [4.78, 5) is 42.1. The van der Waals surface area contributed by atoms with E-state index in [0.29, 0.717) is 43.8 Å². The molecule has 2 aliphatic carbocycles. The van der Waals surface area contributed by atoms with Crippen molar-refractivity contribution in [3.63, 3.8) is 0 Å². The van der Waals surface area contributed by atoms with E-state index in [4.69, 9.17) is 26.8 Å². The van der Waals surface area contributed by atoms with Gasteiger partial charge < -0.3 is 30.3 Å². The second kappa shape index (κ2) is 15.3. The van der Waals surface area contributed by atoms with Crippen molar-refractivity contribution in [1.82, 2.24) is 24.8 Å². The molecule has 2 fully saturated rings. The quantitative estimate of drug-likeness (QED) is 0.303. The standard InChI is InChI=1S/C30H52ClN7O4/c1-29(2,3)41-27(39)37(17-10-18-38(23-11-8-7-9-12-23)28(40)42-30(4,5)6)20-22-15-13-21(14-16-22)19-33-26-35-24(31)34-25(32)36-26/h21-23H,7-20H2,1-6H3,(H3,32,33,34,35,36). The van der Waals surface area contributed by atoms with Crippen LogP contribution in [0.1, 0.15) is 106 Å². The molecule has 238 valence electrons. The molecule has 1 aromatic rings. The van der Waals surface area contributed by atoms with E-state index in [9.17, 15) is 9.59 Å². The van der Waals surface area contributed by atoms with Crippen LogP contribution in [0.15, 0.2) is 0 Å². The molecule has 0 aromatic carbocycles. The molecule has 2 aliphatic rings. The maximum Gasteiger partial charge on any atom is 0.410 e. The number of nitrogens with two attached hydrogens (primary N) is 1. The van der Waals surface area contributed by atoms with Crippen molar-refractivity contribution in [2.24, 2.45) is 11.8 Å². The van der Waals surface area contributed by atoms with E-state index in [-0.39, 0.29) is 29.5 Å². The molecular weight excluding hydrogens is 558 g/mol. The molecule has 42 heavy (non-hydrogen) atoms. The van der Waals surface area contributed by atoms with E-state index in [1.807, 2.05) is 51.3 Å². The first-order valence-corrected chi connectivity index (χ1v) is 15.9. The van der Waals surface area contributed by atoms with Crippen molar-refractivity contribution in [1.29, 1.82) is 0 Å². The molecule has 11 nitrogen and oxygen atoms in total. The van der Waals surface area contributed by atoms with Gasteiger partial charge in [-0.15, -0.1) is 0 Å². The number of halogens is 1. The van der Waals surface area contributed by atoms with E-state index in [2.05, 4.69) is 20.3 Å². The average molecular weight is 610 g/mol. The van der Waals surface area contributed by atoms with Gasteiger partial charge in [0, 0.05) is 32.2 Å². The lowest BCUT2D eigenvalue weighted by molar-refractivity contribution is 0.00904. The van der Waals surface area contributed by atoms with Crippen LogP contribution in [0.3, 0.4) is 0 Å². The number of rotatable bonds is 10. The molecule has 0 spiro atoms. The Hall–Kier alpha value is -2.56. The summed E-state index contributed by atoms with van der Waals surface area (Å²) in [6, 6.07) is 0.192. The number of anilines is 2. The molecule has 2 saturated carbocycles. The van der Waals surface area contributed by atoms with Crippen molar-refractivity contribution in [3.8, 4) is 0 Å². The second-order valence-electron chi connectivity index (χ2n) is 13.8. The predicted molar refractivity (Wildman–Crippen MR) is 165 cm³/mol. The third kappa shape index (κ3) is 12.0. The predicted octanol–water partition coefficient (Wildman–Crippen LogP) is 6.52. The van der Waals surface area contributed by atoms with Crippen molar-refractivity contribution >= 4 is 35.7 Å². The third-order valence-electron chi connectivity index (χ3n) is 7.74. The average Bonchev–Trinajstić information content (AvgIpc) is 2.88. The highest BCUT2D eigenvalue weighted by molar-refractivity contribution is 6.28. The van der Waals surface area contributed by atoms with Crippen LogP contribution in [0.5, 0.6) is 0 Å². The highest BCUT2D eigenvalue weighted by Crippen LogP contribution is 2.30. The van der Waals surface area contributed by atoms with Gasteiger partial charge in [0.15, 0.2) is 0 Å². The maximum absolute atomic E-state index is 13.3. The number of nitrogens with zero attached hydrogens (tertiary/aromatic N) is 5. The van der Waals surface area contributed by atoms with Crippen LogP contribution in [0.4, 0.5) is 21.5 Å². The molecule has 0 saturated heterocycles. The topological polar surface area (TPSA) is 136 Å². The van der Waals surface area contributed by atoms with E-state index < -0.39 is 11.2 Å². The van der Waals surface area contributed by atoms with E-state index >= 15 is 0 Å². The summed E-state index contributed by atoms with van der Waals surface area (Å²) < 4.78 is 11.6. The van der Waals surface area contributed by atoms with Gasteiger partial charge in [0.25, 0.3) is 0 Å². The fraction of sp³-hybridized carbons (Fsp3) is 0.833. The number of aromatic nitrogens is 3. The zero-order valence-electron chi connectivity index (χ0n) is 26.5. The Morgan fingerprint density at radius 1 is 0.857 bits per heavy atom. The van der Waals surface area contributed by atoms with Crippen LogP contribution < -0.4 is 11.1 Å². The van der Waals surface area contributed by atoms with Gasteiger partial charge >= 0.3 is 12.2 Å². The van der Waals surface area contributed by atoms with Gasteiger partial charge in [-0.1, -0.05) is 19.3 Å². The van der Waals surface area contributed by atoms with E-state index in [1.165, 1.54) is 6.42 Å². The Bertz CT molecular complexity index is 996. The first-order chi connectivity index (χ1) is 19.7. The molecule has 12 heteroatoms. The van der Waals surface area contributed by atoms with Gasteiger partial charge in [-0.2, -0.15) is 15.0 Å². The highest BCUT2D eigenvalue weighted by Gasteiger charge is 2.31. The Labute approximate surface area is 256 Å². The van der Waals surface area contributed by atoms with Gasteiger partial charge in [-0.3, -0.25) is 0 Å². The van der Waals surface area contributed by atoms with Crippen molar-refractivity contribution in [3.05, 3.63) is 5.28 Å². The van der Waals surface area contributed by atoms with Gasteiger partial charge in [0.1, 0.15) is 11.2 Å². The number of hydrogen-bond donors (Lipinski definition) is 2. The third-order valence-corrected chi connectivity index (χ3v) is 7.91. The Morgan fingerprint density at radius 2 is 1.45 bits per heavy atom. The first kappa shape index (κ1) is 33.9. The van der Waals surface area contributed by atoms with Crippen LogP contribution in [-0.4, -0.2) is 80.4 Å². The molecule has 0 atom stereocenters. The lowest BCUT2D eigenvalue weighted by atomic mass is 9.81. The number of carbonyl (C=O) groups excluding carboxylic acids is 2. The molecule has 2 amide bonds. The number of carbonyl (C=O) groups is 2. The summed E-state index contributed by atoms with van der Waals surface area (Å²) in [5, 5.41) is 3.30. The largest absolute Gasteiger partial charge is 0.444 e. The monoisotopic (exact) mass is 609 g/mol. The molecule has 0 bridgehead atoms. The molecule has 3 N–H and O–H groups in total. The zero-order chi connectivity index (χ0) is 30.9. The number of nitrogens with one attached hydrogen (secondary N) is 1. The van der Waals surface area contributed by atoms with E-state index in [1.54, 1.807) is 0 Å². The van der Waals surface area contributed by atoms with Crippen LogP contribution >= 0.6 is 11.6 Å². The summed E-state index contributed by atoms with van der Waals surface area (Å²) in [5.41, 5.74) is 4.54. The Morgan fingerprint density at radius 3 is 2.05 bits per heavy atom. The van der Waals surface area contributed by atoms with Gasteiger partial charge in [-0.25, -0.2) is 9.59 Å². The SMILES string of the molecule is CC(C)(C)OC(=O)N(CCCN(C(=O)OC(C)(C)C)C1CCCCC1)CC1CCC(CNc2nc(N)nc(Cl)n2)CC1. The lowest BCUT2D eigenvalue weighted by Crippen LogP contribution is -2.46. The second-order valence-corrected chi connectivity index (χ2v) is 14.1. The maximum atomic E-state index is 13.3. The van der Waals surface area contributed by atoms with Crippen LogP contribution in [0.2, 0.25) is 5.28 Å². The highest BCUT2D eigenvalue weighted by atomic mass is 35.5. The molecule has 3 rings (SSSR count). The minimum atomic E-state index is -0.579. The number of hydrogen-bond acceptors (Lipinski definition) is 9. The first-order valence-electron chi connectivity index (χ1n) is 15.6. The van der Waals surface area contributed by atoms with Gasteiger partial charge in [0.2, 0.25) is 17.2 Å². The van der Waals surface area contributed by atoms with Crippen molar-refractivity contribution in [2.75, 3.05) is 37.2 Å². The zero-order valence-corrected chi connectivity index (χ0v) is 27.2. The lowest BCUT2D eigenvalue weighted by Gasteiger charge is -2.37. The summed E-state index contributed by atoms with van der Waals surface area (Å²) in [7, 11) is 0. The number of nitrogen functional groups attached to an aromatic ring is 1. The summed E-state index contributed by atoms with van der Waals surface area (Å²) in [6.07, 6.45) is 9.68. The number of amides is 2. The summed E-state index contributed by atoms with van der Waals surface area (Å²) in [6.45, 7) is 13.8. The minimum absolute atomic E-state index is 0.0731. The molecule has 0 aliphatic heterocycles.